The average molecular weight is 195 g/mol. The van der Waals surface area contributed by atoms with Crippen LogP contribution in [0.25, 0.3) is 0 Å². The molecule has 0 bridgehead atoms. The Morgan fingerprint density at radius 2 is 2.07 bits per heavy atom. The highest BCUT2D eigenvalue weighted by Crippen LogP contribution is 2.19. The van der Waals surface area contributed by atoms with Crippen LogP contribution < -0.4 is 0 Å². The molecule has 2 N–H and O–H groups in total. The van der Waals surface area contributed by atoms with Crippen LogP contribution in [0.3, 0.4) is 0 Å². The number of carboxylic acid groups (broad SMARTS) is 1. The molecule has 0 fully saturated rings. The second-order valence-electron chi connectivity index (χ2n) is 3.64. The summed E-state index contributed by atoms with van der Waals surface area (Å²) >= 11 is 0. The van der Waals surface area contributed by atoms with Gasteiger partial charge < -0.3 is 10.1 Å². The zero-order chi connectivity index (χ0) is 10.7. The molecule has 78 valence electrons. The molecule has 0 radical (unpaired) electrons. The average Bonchev–Trinajstić information content (AvgIpc) is 2.41. The molecular formula is C11H17NO2. The van der Waals surface area contributed by atoms with E-state index >= 15 is 0 Å². The van der Waals surface area contributed by atoms with E-state index in [0.29, 0.717) is 5.69 Å². The number of hydrogen-bond acceptors (Lipinski definition) is 1. The van der Waals surface area contributed by atoms with Crippen LogP contribution in [0.1, 0.15) is 47.1 Å². The number of carboxylic acids is 1. The molecule has 1 aromatic heterocycles. The minimum absolute atomic E-state index is 0.369. The van der Waals surface area contributed by atoms with Crippen LogP contribution in [0.15, 0.2) is 0 Å². The van der Waals surface area contributed by atoms with Crippen LogP contribution in [-0.4, -0.2) is 16.1 Å². The Morgan fingerprint density at radius 1 is 1.43 bits per heavy atom. The molecule has 0 aliphatic heterocycles. The van der Waals surface area contributed by atoms with E-state index in [0.717, 1.165) is 36.1 Å². The molecule has 1 heterocycles. The van der Waals surface area contributed by atoms with Gasteiger partial charge >= 0.3 is 5.97 Å². The SMILES string of the molecule is CCCCc1c(C(=O)O)[nH]c(C)c1C. The molecule has 0 unspecified atom stereocenters. The van der Waals surface area contributed by atoms with Crippen molar-refractivity contribution in [1.82, 2.24) is 4.98 Å². The fourth-order valence-corrected chi connectivity index (χ4v) is 1.62. The summed E-state index contributed by atoms with van der Waals surface area (Å²) in [5.41, 5.74) is 3.40. The minimum Gasteiger partial charge on any atom is -0.477 e. The van der Waals surface area contributed by atoms with E-state index in [2.05, 4.69) is 11.9 Å². The third-order valence-electron chi connectivity index (χ3n) is 2.62. The highest BCUT2D eigenvalue weighted by atomic mass is 16.4. The van der Waals surface area contributed by atoms with Gasteiger partial charge in [0.2, 0.25) is 0 Å². The summed E-state index contributed by atoms with van der Waals surface area (Å²) in [6.07, 6.45) is 2.98. The topological polar surface area (TPSA) is 53.1 Å². The van der Waals surface area contributed by atoms with Crippen molar-refractivity contribution in [2.75, 3.05) is 0 Å². The quantitative estimate of drug-likeness (QED) is 0.776. The molecule has 0 aliphatic rings. The monoisotopic (exact) mass is 195 g/mol. The minimum atomic E-state index is -0.854. The Bertz CT molecular complexity index is 339. The van der Waals surface area contributed by atoms with E-state index in [1.165, 1.54) is 0 Å². The molecule has 0 amide bonds. The van der Waals surface area contributed by atoms with Crippen molar-refractivity contribution in [3.63, 3.8) is 0 Å². The van der Waals surface area contributed by atoms with E-state index < -0.39 is 5.97 Å². The number of nitrogens with one attached hydrogen (secondary N) is 1. The van der Waals surface area contributed by atoms with E-state index in [-0.39, 0.29) is 0 Å². The summed E-state index contributed by atoms with van der Waals surface area (Å²) in [6.45, 7) is 6.00. The summed E-state index contributed by atoms with van der Waals surface area (Å²) in [7, 11) is 0. The second kappa shape index (κ2) is 4.31. The van der Waals surface area contributed by atoms with Crippen LogP contribution in [0.5, 0.6) is 0 Å². The van der Waals surface area contributed by atoms with Gasteiger partial charge in [-0.1, -0.05) is 13.3 Å². The fourth-order valence-electron chi connectivity index (χ4n) is 1.62. The number of aromatic carboxylic acids is 1. The van der Waals surface area contributed by atoms with Crippen molar-refractivity contribution in [3.8, 4) is 0 Å². The standard InChI is InChI=1S/C11H17NO2/c1-4-5-6-9-7(2)8(3)12-10(9)11(13)14/h12H,4-6H2,1-3H3,(H,13,14). The third-order valence-corrected chi connectivity index (χ3v) is 2.62. The summed E-state index contributed by atoms with van der Waals surface area (Å²) in [5.74, 6) is -0.854. The molecule has 1 aromatic rings. The van der Waals surface area contributed by atoms with E-state index in [4.69, 9.17) is 5.11 Å². The van der Waals surface area contributed by atoms with Gasteiger partial charge in [-0.15, -0.1) is 0 Å². The van der Waals surface area contributed by atoms with Gasteiger partial charge in [-0.2, -0.15) is 0 Å². The number of unbranched alkanes of at least 4 members (excludes halogenated alkanes) is 1. The van der Waals surface area contributed by atoms with Crippen molar-refractivity contribution in [1.29, 1.82) is 0 Å². The lowest BCUT2D eigenvalue weighted by Crippen LogP contribution is -2.01. The summed E-state index contributed by atoms with van der Waals surface area (Å²) in [4.78, 5) is 13.8. The van der Waals surface area contributed by atoms with Crippen LogP contribution in [-0.2, 0) is 6.42 Å². The van der Waals surface area contributed by atoms with Crippen LogP contribution in [0, 0.1) is 13.8 Å². The van der Waals surface area contributed by atoms with Gasteiger partial charge in [-0.05, 0) is 37.8 Å². The summed E-state index contributed by atoms with van der Waals surface area (Å²) in [5, 5.41) is 8.97. The lowest BCUT2D eigenvalue weighted by Gasteiger charge is -2.00. The maximum absolute atomic E-state index is 10.9. The van der Waals surface area contributed by atoms with E-state index in [1.807, 2.05) is 13.8 Å². The molecule has 0 saturated heterocycles. The summed E-state index contributed by atoms with van der Waals surface area (Å²) < 4.78 is 0. The first-order valence-electron chi connectivity index (χ1n) is 4.99. The number of aromatic nitrogens is 1. The van der Waals surface area contributed by atoms with Crippen LogP contribution >= 0.6 is 0 Å². The normalized spacial score (nSPS) is 10.5. The first-order chi connectivity index (χ1) is 6.57. The van der Waals surface area contributed by atoms with Gasteiger partial charge in [0, 0.05) is 5.69 Å². The van der Waals surface area contributed by atoms with E-state index in [9.17, 15) is 4.79 Å². The molecule has 0 aliphatic carbocycles. The van der Waals surface area contributed by atoms with Crippen molar-refractivity contribution >= 4 is 5.97 Å². The summed E-state index contributed by atoms with van der Waals surface area (Å²) in [6, 6.07) is 0. The third kappa shape index (κ3) is 1.97. The van der Waals surface area contributed by atoms with E-state index in [1.54, 1.807) is 0 Å². The Hall–Kier alpha value is -1.25. The van der Waals surface area contributed by atoms with Crippen molar-refractivity contribution in [3.05, 3.63) is 22.5 Å². The lowest BCUT2D eigenvalue weighted by atomic mass is 10.0. The number of aromatic amines is 1. The van der Waals surface area contributed by atoms with Gasteiger partial charge in [0.15, 0.2) is 0 Å². The molecular weight excluding hydrogens is 178 g/mol. The highest BCUT2D eigenvalue weighted by Gasteiger charge is 2.16. The zero-order valence-corrected chi connectivity index (χ0v) is 8.98. The predicted octanol–water partition coefficient (Wildman–Crippen LogP) is 2.67. The van der Waals surface area contributed by atoms with Gasteiger partial charge in [-0.25, -0.2) is 4.79 Å². The number of hydrogen-bond donors (Lipinski definition) is 2. The number of carbonyl (C=O) groups is 1. The molecule has 0 atom stereocenters. The van der Waals surface area contributed by atoms with Gasteiger partial charge in [0.1, 0.15) is 5.69 Å². The predicted molar refractivity (Wildman–Crippen MR) is 55.8 cm³/mol. The van der Waals surface area contributed by atoms with Crippen LogP contribution in [0.2, 0.25) is 0 Å². The number of aryl methyl sites for hydroxylation is 1. The smallest absolute Gasteiger partial charge is 0.352 e. The molecule has 3 nitrogen and oxygen atoms in total. The highest BCUT2D eigenvalue weighted by molar-refractivity contribution is 5.88. The Balaban J connectivity index is 3.03. The molecule has 3 heteroatoms. The zero-order valence-electron chi connectivity index (χ0n) is 8.98. The number of rotatable bonds is 4. The van der Waals surface area contributed by atoms with Crippen molar-refractivity contribution < 1.29 is 9.90 Å². The molecule has 0 spiro atoms. The number of H-pyrrole nitrogens is 1. The van der Waals surface area contributed by atoms with Crippen LogP contribution in [0.4, 0.5) is 0 Å². The van der Waals surface area contributed by atoms with Gasteiger partial charge in [-0.3, -0.25) is 0 Å². The Morgan fingerprint density at radius 3 is 2.57 bits per heavy atom. The molecule has 0 saturated carbocycles. The van der Waals surface area contributed by atoms with Crippen molar-refractivity contribution in [2.45, 2.75) is 40.0 Å². The first-order valence-corrected chi connectivity index (χ1v) is 4.99. The van der Waals surface area contributed by atoms with Crippen molar-refractivity contribution in [2.24, 2.45) is 0 Å². The fraction of sp³-hybridized carbons (Fsp3) is 0.545. The first kappa shape index (κ1) is 10.8. The maximum atomic E-state index is 10.9. The Kier molecular flexibility index (Phi) is 3.33. The largest absolute Gasteiger partial charge is 0.477 e. The second-order valence-corrected chi connectivity index (χ2v) is 3.64. The van der Waals surface area contributed by atoms with Gasteiger partial charge in [0.05, 0.1) is 0 Å². The molecule has 1 rings (SSSR count). The molecule has 0 aromatic carbocycles. The maximum Gasteiger partial charge on any atom is 0.352 e. The molecule has 14 heavy (non-hydrogen) atoms. The Labute approximate surface area is 84.2 Å². The lowest BCUT2D eigenvalue weighted by molar-refractivity contribution is 0.0690. The van der Waals surface area contributed by atoms with Gasteiger partial charge in [0.25, 0.3) is 0 Å².